The Bertz CT molecular complexity index is 1180. The van der Waals surface area contributed by atoms with Gasteiger partial charge in [0.1, 0.15) is 11.5 Å². The molecule has 2 aromatic heterocycles. The Morgan fingerprint density at radius 1 is 1.00 bits per heavy atom. The number of benzene rings is 1. The SMILES string of the molecule is Cc1cc([N+](=O)[O-])ccc1-c1ccc(/C=N\Nc2nc(N3CCCC3)nc(N3CCCC3)n2)o1. The minimum atomic E-state index is -0.409. The van der Waals surface area contributed by atoms with E-state index in [0.717, 1.165) is 63.0 Å². The topological polar surface area (TPSA) is 126 Å². The minimum Gasteiger partial charge on any atom is -0.455 e. The van der Waals surface area contributed by atoms with Gasteiger partial charge in [-0.3, -0.25) is 10.1 Å². The van der Waals surface area contributed by atoms with Crippen molar-refractivity contribution in [3.8, 4) is 11.3 Å². The van der Waals surface area contributed by atoms with Crippen LogP contribution in [0.15, 0.2) is 39.9 Å². The fraction of sp³-hybridized carbons (Fsp3) is 0.391. The van der Waals surface area contributed by atoms with Gasteiger partial charge < -0.3 is 14.2 Å². The molecule has 0 unspecified atom stereocenters. The Morgan fingerprint density at radius 3 is 2.24 bits per heavy atom. The number of hydrogen-bond donors (Lipinski definition) is 1. The Balaban J connectivity index is 1.32. The van der Waals surface area contributed by atoms with E-state index in [1.807, 2.05) is 13.0 Å². The van der Waals surface area contributed by atoms with Crippen molar-refractivity contribution in [3.63, 3.8) is 0 Å². The maximum atomic E-state index is 11.0. The molecule has 34 heavy (non-hydrogen) atoms. The average Bonchev–Trinajstić information content (AvgIpc) is 3.62. The van der Waals surface area contributed by atoms with Crippen molar-refractivity contribution < 1.29 is 9.34 Å². The van der Waals surface area contributed by atoms with Gasteiger partial charge in [-0.25, -0.2) is 5.43 Å². The Morgan fingerprint density at radius 2 is 1.65 bits per heavy atom. The first-order valence-electron chi connectivity index (χ1n) is 11.5. The van der Waals surface area contributed by atoms with Gasteiger partial charge >= 0.3 is 0 Å². The van der Waals surface area contributed by atoms with E-state index in [4.69, 9.17) is 9.40 Å². The molecule has 2 saturated heterocycles. The van der Waals surface area contributed by atoms with Gasteiger partial charge in [0.15, 0.2) is 0 Å². The summed E-state index contributed by atoms with van der Waals surface area (Å²) in [7, 11) is 0. The molecule has 1 N–H and O–H groups in total. The highest BCUT2D eigenvalue weighted by Crippen LogP contribution is 2.28. The molecule has 3 aromatic rings. The highest BCUT2D eigenvalue weighted by Gasteiger charge is 2.21. The lowest BCUT2D eigenvalue weighted by Gasteiger charge is -2.20. The van der Waals surface area contributed by atoms with Crippen molar-refractivity contribution >= 4 is 29.7 Å². The van der Waals surface area contributed by atoms with Gasteiger partial charge in [-0.15, -0.1) is 0 Å². The molecule has 2 aliphatic heterocycles. The highest BCUT2D eigenvalue weighted by molar-refractivity contribution is 5.78. The number of hydrazone groups is 1. The molecule has 0 spiro atoms. The van der Waals surface area contributed by atoms with Gasteiger partial charge in [-0.05, 0) is 56.4 Å². The van der Waals surface area contributed by atoms with E-state index in [2.05, 4.69) is 30.3 Å². The van der Waals surface area contributed by atoms with Crippen LogP contribution in [0.2, 0.25) is 0 Å². The number of aromatic nitrogens is 3. The average molecular weight is 463 g/mol. The number of hydrogen-bond acceptors (Lipinski definition) is 10. The third-order valence-electron chi connectivity index (χ3n) is 6.06. The van der Waals surface area contributed by atoms with Crippen LogP contribution in [-0.2, 0) is 0 Å². The zero-order valence-electron chi connectivity index (χ0n) is 19.0. The van der Waals surface area contributed by atoms with Crippen molar-refractivity contribution in [3.05, 3.63) is 51.8 Å². The zero-order valence-corrected chi connectivity index (χ0v) is 19.0. The molecule has 2 fully saturated rings. The van der Waals surface area contributed by atoms with E-state index in [9.17, 15) is 10.1 Å². The fourth-order valence-corrected chi connectivity index (χ4v) is 4.28. The van der Waals surface area contributed by atoms with Crippen LogP contribution in [0.1, 0.15) is 37.0 Å². The number of aryl methyl sites for hydroxylation is 1. The van der Waals surface area contributed by atoms with E-state index in [1.165, 1.54) is 12.1 Å². The molecule has 0 saturated carbocycles. The highest BCUT2D eigenvalue weighted by atomic mass is 16.6. The number of anilines is 3. The molecule has 0 aliphatic carbocycles. The summed E-state index contributed by atoms with van der Waals surface area (Å²) < 4.78 is 5.87. The summed E-state index contributed by atoms with van der Waals surface area (Å²) in [5, 5.41) is 15.2. The predicted molar refractivity (Wildman–Crippen MR) is 129 cm³/mol. The molecule has 4 heterocycles. The van der Waals surface area contributed by atoms with E-state index in [1.54, 1.807) is 18.3 Å². The summed E-state index contributed by atoms with van der Waals surface area (Å²) in [4.78, 5) is 28.8. The standard InChI is InChI=1S/C23H26N8O3/c1-16-14-17(31(32)33)6-8-19(16)20-9-7-18(34-20)15-24-28-21-25-22(29-10-2-3-11-29)27-23(26-21)30-12-4-5-13-30/h6-9,14-15H,2-5,10-13H2,1H3,(H,25,26,27,28)/b24-15-. The second kappa shape index (κ2) is 9.46. The van der Waals surface area contributed by atoms with Crippen molar-refractivity contribution in [2.24, 2.45) is 5.10 Å². The molecule has 2 aliphatic rings. The van der Waals surface area contributed by atoms with Crippen LogP contribution in [-0.4, -0.2) is 52.3 Å². The summed E-state index contributed by atoms with van der Waals surface area (Å²) in [6, 6.07) is 8.30. The molecule has 1 aromatic carbocycles. The molecular weight excluding hydrogens is 436 g/mol. The number of rotatable bonds is 7. The van der Waals surface area contributed by atoms with E-state index >= 15 is 0 Å². The van der Waals surface area contributed by atoms with Crippen LogP contribution >= 0.6 is 0 Å². The first-order valence-corrected chi connectivity index (χ1v) is 11.5. The molecule has 0 radical (unpaired) electrons. The molecule has 0 amide bonds. The molecule has 0 bridgehead atoms. The van der Waals surface area contributed by atoms with Gasteiger partial charge in [-0.2, -0.15) is 20.1 Å². The van der Waals surface area contributed by atoms with E-state index in [0.29, 0.717) is 29.4 Å². The summed E-state index contributed by atoms with van der Waals surface area (Å²) in [5.74, 6) is 2.91. The molecule has 5 rings (SSSR count). The number of nitrogens with zero attached hydrogens (tertiary/aromatic N) is 7. The zero-order chi connectivity index (χ0) is 23.5. The second-order valence-electron chi connectivity index (χ2n) is 8.48. The van der Waals surface area contributed by atoms with Crippen molar-refractivity contribution in [1.82, 2.24) is 15.0 Å². The number of nitro benzene ring substituents is 1. The maximum Gasteiger partial charge on any atom is 0.269 e. The maximum absolute atomic E-state index is 11.0. The van der Waals surface area contributed by atoms with Crippen molar-refractivity contribution in [2.75, 3.05) is 41.4 Å². The third kappa shape index (κ3) is 4.68. The van der Waals surface area contributed by atoms with Crippen molar-refractivity contribution in [1.29, 1.82) is 0 Å². The lowest BCUT2D eigenvalue weighted by atomic mass is 10.1. The molecule has 0 atom stereocenters. The number of nitrogens with one attached hydrogen (secondary N) is 1. The summed E-state index contributed by atoms with van der Waals surface area (Å²) >= 11 is 0. The number of non-ortho nitro benzene ring substituents is 1. The van der Waals surface area contributed by atoms with Crippen LogP contribution in [0, 0.1) is 17.0 Å². The summed E-state index contributed by atoms with van der Waals surface area (Å²) in [6.07, 6.45) is 6.11. The first-order chi connectivity index (χ1) is 16.6. The Kier molecular flexibility index (Phi) is 6.07. The first kappa shape index (κ1) is 21.8. The molecule has 11 nitrogen and oxygen atoms in total. The van der Waals surface area contributed by atoms with Gasteiger partial charge in [0.05, 0.1) is 11.1 Å². The van der Waals surface area contributed by atoms with Crippen LogP contribution in [0.3, 0.4) is 0 Å². The van der Waals surface area contributed by atoms with Gasteiger partial charge in [0.25, 0.3) is 5.69 Å². The quantitative estimate of drug-likeness (QED) is 0.315. The lowest BCUT2D eigenvalue weighted by molar-refractivity contribution is -0.384. The van der Waals surface area contributed by atoms with Crippen LogP contribution in [0.4, 0.5) is 23.5 Å². The monoisotopic (exact) mass is 462 g/mol. The smallest absolute Gasteiger partial charge is 0.269 e. The fourth-order valence-electron chi connectivity index (χ4n) is 4.28. The van der Waals surface area contributed by atoms with Crippen LogP contribution < -0.4 is 15.2 Å². The van der Waals surface area contributed by atoms with E-state index in [-0.39, 0.29) is 5.69 Å². The molecule has 176 valence electrons. The summed E-state index contributed by atoms with van der Waals surface area (Å²) in [5.41, 5.74) is 4.53. The third-order valence-corrected chi connectivity index (χ3v) is 6.06. The number of furan rings is 1. The van der Waals surface area contributed by atoms with Gasteiger partial charge in [0, 0.05) is 43.9 Å². The van der Waals surface area contributed by atoms with Crippen molar-refractivity contribution in [2.45, 2.75) is 32.6 Å². The summed E-state index contributed by atoms with van der Waals surface area (Å²) in [6.45, 7) is 5.61. The largest absolute Gasteiger partial charge is 0.455 e. The Labute approximate surface area is 196 Å². The van der Waals surface area contributed by atoms with E-state index < -0.39 is 4.92 Å². The molecule has 11 heteroatoms. The van der Waals surface area contributed by atoms with Crippen LogP contribution in [0.25, 0.3) is 11.3 Å². The number of nitro groups is 1. The predicted octanol–water partition coefficient (Wildman–Crippen LogP) is 3.99. The van der Waals surface area contributed by atoms with Crippen LogP contribution in [0.5, 0.6) is 0 Å². The minimum absolute atomic E-state index is 0.0535. The second-order valence-corrected chi connectivity index (χ2v) is 8.48. The van der Waals surface area contributed by atoms with Gasteiger partial charge in [0.2, 0.25) is 17.8 Å². The molecular formula is C23H26N8O3. The lowest BCUT2D eigenvalue weighted by Crippen LogP contribution is -2.25. The Hall–Kier alpha value is -4.02. The van der Waals surface area contributed by atoms with Gasteiger partial charge in [-0.1, -0.05) is 0 Å². The normalized spacial score (nSPS) is 16.0.